The molecule has 0 radical (unpaired) electrons. The maximum absolute atomic E-state index is 4.57. The number of nitrogens with zero attached hydrogens (tertiary/aromatic N) is 2. The van der Waals surface area contributed by atoms with Gasteiger partial charge in [-0.15, -0.1) is 0 Å². The van der Waals surface area contributed by atoms with Gasteiger partial charge < -0.3 is 9.88 Å². The van der Waals surface area contributed by atoms with E-state index in [1.165, 1.54) is 43.5 Å². The van der Waals surface area contributed by atoms with Crippen LogP contribution in [0.3, 0.4) is 0 Å². The van der Waals surface area contributed by atoms with Gasteiger partial charge in [0.2, 0.25) is 0 Å². The Hall–Kier alpha value is -0.830. The average molecular weight is 191 g/mol. The van der Waals surface area contributed by atoms with E-state index in [0.717, 1.165) is 6.04 Å². The second-order valence-electron chi connectivity index (χ2n) is 4.45. The third kappa shape index (κ3) is 1.19. The zero-order valence-corrected chi connectivity index (χ0v) is 8.66. The summed E-state index contributed by atoms with van der Waals surface area (Å²) < 4.78 is 2.42. The molecule has 1 atom stereocenters. The minimum Gasteiger partial charge on any atom is -0.331 e. The standard InChI is InChI=1S/C11H17N3/c1-12-9-3-2-4-10-11(9)13-7-14(10)8-5-6-8/h7-9,12H,2-6H2,1H3. The smallest absolute Gasteiger partial charge is 0.0954 e. The highest BCUT2D eigenvalue weighted by molar-refractivity contribution is 5.22. The van der Waals surface area contributed by atoms with E-state index in [2.05, 4.69) is 21.2 Å². The molecule has 0 amide bonds. The van der Waals surface area contributed by atoms with E-state index < -0.39 is 0 Å². The SMILES string of the molecule is CNC1CCCc2c1ncn2C1CC1. The molecule has 1 saturated carbocycles. The van der Waals surface area contributed by atoms with Crippen LogP contribution in [0.25, 0.3) is 0 Å². The number of nitrogens with one attached hydrogen (secondary N) is 1. The molecule has 1 aromatic heterocycles. The Bertz CT molecular complexity index is 338. The van der Waals surface area contributed by atoms with Gasteiger partial charge in [0.15, 0.2) is 0 Å². The molecule has 0 saturated heterocycles. The van der Waals surface area contributed by atoms with Gasteiger partial charge in [-0.3, -0.25) is 0 Å². The fraction of sp³-hybridized carbons (Fsp3) is 0.727. The Morgan fingerprint density at radius 1 is 1.43 bits per heavy atom. The van der Waals surface area contributed by atoms with Gasteiger partial charge in [-0.05, 0) is 39.2 Å². The third-order valence-electron chi connectivity index (χ3n) is 3.45. The summed E-state index contributed by atoms with van der Waals surface area (Å²) in [4.78, 5) is 4.57. The average Bonchev–Trinajstić information content (AvgIpc) is 2.97. The molecule has 0 aliphatic heterocycles. The first-order chi connectivity index (χ1) is 6.90. The molecule has 76 valence electrons. The van der Waals surface area contributed by atoms with Crippen LogP contribution in [0.4, 0.5) is 0 Å². The number of fused-ring (bicyclic) bond motifs is 1. The van der Waals surface area contributed by atoms with Crippen LogP contribution in [0.5, 0.6) is 0 Å². The molecule has 0 spiro atoms. The molecule has 1 fully saturated rings. The highest BCUT2D eigenvalue weighted by Gasteiger charge is 2.30. The number of imidazole rings is 1. The summed E-state index contributed by atoms with van der Waals surface area (Å²) in [6.45, 7) is 0. The molecule has 1 N–H and O–H groups in total. The minimum atomic E-state index is 0.499. The Kier molecular flexibility index (Phi) is 1.87. The van der Waals surface area contributed by atoms with Crippen LogP contribution < -0.4 is 5.32 Å². The molecule has 2 aliphatic rings. The Balaban J connectivity index is 1.99. The van der Waals surface area contributed by atoms with Crippen LogP contribution in [0, 0.1) is 0 Å². The summed E-state index contributed by atoms with van der Waals surface area (Å²) >= 11 is 0. The zero-order valence-electron chi connectivity index (χ0n) is 8.66. The summed E-state index contributed by atoms with van der Waals surface area (Å²) in [5.41, 5.74) is 2.81. The second kappa shape index (κ2) is 3.09. The summed E-state index contributed by atoms with van der Waals surface area (Å²) in [6, 6.07) is 1.28. The lowest BCUT2D eigenvalue weighted by Gasteiger charge is -2.22. The van der Waals surface area contributed by atoms with E-state index >= 15 is 0 Å². The van der Waals surface area contributed by atoms with Crippen molar-refractivity contribution in [3.63, 3.8) is 0 Å². The first-order valence-electron chi connectivity index (χ1n) is 5.63. The molecular formula is C11H17N3. The maximum atomic E-state index is 4.57. The summed E-state index contributed by atoms with van der Waals surface area (Å²) in [5, 5.41) is 3.36. The lowest BCUT2D eigenvalue weighted by atomic mass is 9.96. The van der Waals surface area contributed by atoms with Crippen molar-refractivity contribution in [2.24, 2.45) is 0 Å². The molecular weight excluding hydrogens is 174 g/mol. The lowest BCUT2D eigenvalue weighted by molar-refractivity contribution is 0.475. The highest BCUT2D eigenvalue weighted by atomic mass is 15.1. The predicted molar refractivity (Wildman–Crippen MR) is 55.2 cm³/mol. The summed E-state index contributed by atoms with van der Waals surface area (Å²) in [5.74, 6) is 0. The van der Waals surface area contributed by atoms with E-state index in [1.54, 1.807) is 0 Å². The molecule has 1 aromatic rings. The largest absolute Gasteiger partial charge is 0.331 e. The topological polar surface area (TPSA) is 29.9 Å². The van der Waals surface area contributed by atoms with Gasteiger partial charge in [0.25, 0.3) is 0 Å². The van der Waals surface area contributed by atoms with Crippen LogP contribution in [0.1, 0.15) is 49.2 Å². The quantitative estimate of drug-likeness (QED) is 0.772. The van der Waals surface area contributed by atoms with Gasteiger partial charge in [-0.25, -0.2) is 4.98 Å². The van der Waals surface area contributed by atoms with Crippen LogP contribution in [-0.2, 0) is 6.42 Å². The summed E-state index contributed by atoms with van der Waals surface area (Å²) in [7, 11) is 2.04. The monoisotopic (exact) mass is 191 g/mol. The van der Waals surface area contributed by atoms with Crippen molar-refractivity contribution >= 4 is 0 Å². The van der Waals surface area contributed by atoms with Crippen molar-refractivity contribution in [1.29, 1.82) is 0 Å². The van der Waals surface area contributed by atoms with E-state index in [-0.39, 0.29) is 0 Å². The second-order valence-corrected chi connectivity index (χ2v) is 4.45. The van der Waals surface area contributed by atoms with Crippen molar-refractivity contribution in [2.75, 3.05) is 7.05 Å². The van der Waals surface area contributed by atoms with Crippen LogP contribution >= 0.6 is 0 Å². The van der Waals surface area contributed by atoms with E-state index in [1.807, 2.05) is 7.05 Å². The zero-order chi connectivity index (χ0) is 9.54. The van der Waals surface area contributed by atoms with Gasteiger partial charge in [0.05, 0.1) is 18.1 Å². The molecule has 0 bridgehead atoms. The van der Waals surface area contributed by atoms with Gasteiger partial charge >= 0.3 is 0 Å². The molecule has 1 heterocycles. The van der Waals surface area contributed by atoms with Crippen molar-refractivity contribution in [1.82, 2.24) is 14.9 Å². The van der Waals surface area contributed by atoms with Crippen molar-refractivity contribution < 1.29 is 0 Å². The molecule has 3 heteroatoms. The number of rotatable bonds is 2. The van der Waals surface area contributed by atoms with Crippen LogP contribution in [-0.4, -0.2) is 16.6 Å². The molecule has 2 aliphatic carbocycles. The Morgan fingerprint density at radius 3 is 3.00 bits per heavy atom. The van der Waals surface area contributed by atoms with Crippen molar-refractivity contribution in [3.05, 3.63) is 17.7 Å². The number of hydrogen-bond acceptors (Lipinski definition) is 2. The molecule has 0 aromatic carbocycles. The molecule has 3 nitrogen and oxygen atoms in total. The van der Waals surface area contributed by atoms with Gasteiger partial charge in [-0.1, -0.05) is 0 Å². The first kappa shape index (κ1) is 8.48. The Labute approximate surface area is 84.5 Å². The molecule has 1 unspecified atom stereocenters. The van der Waals surface area contributed by atoms with E-state index in [9.17, 15) is 0 Å². The normalized spacial score (nSPS) is 26.2. The molecule has 14 heavy (non-hydrogen) atoms. The van der Waals surface area contributed by atoms with Gasteiger partial charge in [0, 0.05) is 11.7 Å². The van der Waals surface area contributed by atoms with Crippen LogP contribution in [0.15, 0.2) is 6.33 Å². The maximum Gasteiger partial charge on any atom is 0.0954 e. The lowest BCUT2D eigenvalue weighted by Crippen LogP contribution is -2.22. The van der Waals surface area contributed by atoms with Gasteiger partial charge in [0.1, 0.15) is 0 Å². The van der Waals surface area contributed by atoms with Gasteiger partial charge in [-0.2, -0.15) is 0 Å². The fourth-order valence-electron chi connectivity index (χ4n) is 2.51. The molecule has 3 rings (SSSR count). The number of aromatic nitrogens is 2. The number of hydrogen-bond donors (Lipinski definition) is 1. The minimum absolute atomic E-state index is 0.499. The predicted octanol–water partition coefficient (Wildman–Crippen LogP) is 1.81. The van der Waals surface area contributed by atoms with Crippen molar-refractivity contribution in [3.8, 4) is 0 Å². The highest BCUT2D eigenvalue weighted by Crippen LogP contribution is 2.39. The summed E-state index contributed by atoms with van der Waals surface area (Å²) in [6.07, 6.45) is 8.53. The Morgan fingerprint density at radius 2 is 2.29 bits per heavy atom. The third-order valence-corrected chi connectivity index (χ3v) is 3.45. The van der Waals surface area contributed by atoms with E-state index in [4.69, 9.17) is 0 Å². The van der Waals surface area contributed by atoms with Crippen LogP contribution in [0.2, 0.25) is 0 Å². The van der Waals surface area contributed by atoms with Crippen molar-refractivity contribution in [2.45, 2.75) is 44.2 Å². The van der Waals surface area contributed by atoms with E-state index in [0.29, 0.717) is 6.04 Å². The fourth-order valence-corrected chi connectivity index (χ4v) is 2.51. The first-order valence-corrected chi connectivity index (χ1v) is 5.63.